The fourth-order valence-electron chi connectivity index (χ4n) is 1.74. The molecule has 1 N–H and O–H groups in total. The van der Waals surface area contributed by atoms with Gasteiger partial charge in [-0.3, -0.25) is 9.59 Å². The second-order valence-electron chi connectivity index (χ2n) is 3.77. The first kappa shape index (κ1) is 12.1. The summed E-state index contributed by atoms with van der Waals surface area (Å²) >= 11 is 0. The van der Waals surface area contributed by atoms with Crippen molar-refractivity contribution in [1.29, 1.82) is 0 Å². The molecule has 18 heavy (non-hydrogen) atoms. The van der Waals surface area contributed by atoms with E-state index >= 15 is 0 Å². The number of esters is 1. The molecule has 2 aromatic heterocycles. The molecule has 0 saturated carbocycles. The summed E-state index contributed by atoms with van der Waals surface area (Å²) in [4.78, 5) is 38.0. The molecule has 0 radical (unpaired) electrons. The van der Waals surface area contributed by atoms with Gasteiger partial charge in [0.25, 0.3) is 0 Å². The SMILES string of the molecule is CCOC(=O)c1c[nH]c2c(=O)ccn(C)c2c1=O. The summed E-state index contributed by atoms with van der Waals surface area (Å²) in [6, 6.07) is 1.35. The third-order valence-corrected chi connectivity index (χ3v) is 2.60. The molecule has 0 saturated heterocycles. The predicted octanol–water partition coefficient (Wildman–Crippen LogP) is 0.404. The quantitative estimate of drug-likeness (QED) is 0.780. The average Bonchev–Trinajstić information content (AvgIpc) is 2.34. The van der Waals surface area contributed by atoms with E-state index in [2.05, 4.69) is 4.98 Å². The Bertz CT molecular complexity index is 727. The third-order valence-electron chi connectivity index (χ3n) is 2.60. The lowest BCUT2D eigenvalue weighted by atomic mass is 10.2. The third kappa shape index (κ3) is 1.81. The number of rotatable bonds is 2. The van der Waals surface area contributed by atoms with Crippen molar-refractivity contribution < 1.29 is 9.53 Å². The van der Waals surface area contributed by atoms with Crippen molar-refractivity contribution in [2.45, 2.75) is 6.92 Å². The average molecular weight is 248 g/mol. The molecular weight excluding hydrogens is 236 g/mol. The zero-order valence-electron chi connectivity index (χ0n) is 10.0. The van der Waals surface area contributed by atoms with E-state index in [-0.39, 0.29) is 28.6 Å². The normalized spacial score (nSPS) is 10.6. The van der Waals surface area contributed by atoms with Crippen LogP contribution in [-0.2, 0) is 11.8 Å². The largest absolute Gasteiger partial charge is 0.462 e. The van der Waals surface area contributed by atoms with Crippen LogP contribution in [0.4, 0.5) is 0 Å². The monoisotopic (exact) mass is 248 g/mol. The van der Waals surface area contributed by atoms with E-state index in [0.717, 1.165) is 0 Å². The van der Waals surface area contributed by atoms with E-state index in [1.165, 1.54) is 23.0 Å². The Balaban J connectivity index is 2.80. The molecule has 2 heterocycles. The van der Waals surface area contributed by atoms with Gasteiger partial charge in [-0.05, 0) is 6.92 Å². The fraction of sp³-hybridized carbons (Fsp3) is 0.250. The van der Waals surface area contributed by atoms with E-state index in [4.69, 9.17) is 4.74 Å². The number of aromatic amines is 1. The Morgan fingerprint density at radius 2 is 2.17 bits per heavy atom. The summed E-state index contributed by atoms with van der Waals surface area (Å²) in [5.74, 6) is -0.697. The number of carbonyl (C=O) groups excluding carboxylic acids is 1. The molecule has 2 aromatic rings. The van der Waals surface area contributed by atoms with Crippen LogP contribution >= 0.6 is 0 Å². The molecule has 2 rings (SSSR count). The van der Waals surface area contributed by atoms with E-state index in [9.17, 15) is 14.4 Å². The molecule has 94 valence electrons. The van der Waals surface area contributed by atoms with Crippen LogP contribution in [0.2, 0.25) is 0 Å². The number of aryl methyl sites for hydroxylation is 1. The van der Waals surface area contributed by atoms with Gasteiger partial charge in [-0.15, -0.1) is 0 Å². The number of hydrogen-bond acceptors (Lipinski definition) is 4. The Morgan fingerprint density at radius 1 is 1.44 bits per heavy atom. The molecule has 0 aliphatic carbocycles. The second kappa shape index (κ2) is 4.48. The standard InChI is InChI=1S/C12H12N2O4/c1-3-18-12(17)7-6-13-9-8(15)4-5-14(2)10(9)11(7)16/h4-6H,3H2,1-2H3,(H,13,16). The molecule has 0 bridgehead atoms. The maximum Gasteiger partial charge on any atom is 0.343 e. The summed E-state index contributed by atoms with van der Waals surface area (Å²) in [5, 5.41) is 0. The van der Waals surface area contributed by atoms with Gasteiger partial charge >= 0.3 is 5.97 Å². The van der Waals surface area contributed by atoms with E-state index in [1.54, 1.807) is 14.0 Å². The zero-order chi connectivity index (χ0) is 13.3. The van der Waals surface area contributed by atoms with E-state index in [1.807, 2.05) is 0 Å². The van der Waals surface area contributed by atoms with Gasteiger partial charge in [0.15, 0.2) is 0 Å². The van der Waals surface area contributed by atoms with Crippen LogP contribution in [-0.4, -0.2) is 22.1 Å². The van der Waals surface area contributed by atoms with Crippen LogP contribution in [0, 0.1) is 0 Å². The zero-order valence-corrected chi connectivity index (χ0v) is 10.0. The van der Waals surface area contributed by atoms with Crippen molar-refractivity contribution in [3.63, 3.8) is 0 Å². The van der Waals surface area contributed by atoms with Crippen molar-refractivity contribution >= 4 is 17.0 Å². The number of aromatic nitrogens is 2. The van der Waals surface area contributed by atoms with E-state index < -0.39 is 11.4 Å². The lowest BCUT2D eigenvalue weighted by molar-refractivity contribution is 0.0524. The van der Waals surface area contributed by atoms with Gasteiger partial charge in [0.1, 0.15) is 16.6 Å². The highest BCUT2D eigenvalue weighted by atomic mass is 16.5. The van der Waals surface area contributed by atoms with Gasteiger partial charge in [-0.1, -0.05) is 0 Å². The molecule has 0 spiro atoms. The van der Waals surface area contributed by atoms with E-state index in [0.29, 0.717) is 0 Å². The van der Waals surface area contributed by atoms with Crippen LogP contribution in [0.3, 0.4) is 0 Å². The summed E-state index contributed by atoms with van der Waals surface area (Å²) in [6.45, 7) is 1.84. The molecule has 6 heteroatoms. The van der Waals surface area contributed by atoms with Crippen molar-refractivity contribution in [2.75, 3.05) is 6.61 Å². The van der Waals surface area contributed by atoms with Gasteiger partial charge in [0, 0.05) is 25.5 Å². The van der Waals surface area contributed by atoms with Crippen LogP contribution < -0.4 is 10.9 Å². The lowest BCUT2D eigenvalue weighted by Crippen LogP contribution is -2.23. The highest BCUT2D eigenvalue weighted by molar-refractivity contribution is 5.92. The van der Waals surface area contributed by atoms with Gasteiger partial charge in [0.2, 0.25) is 10.9 Å². The minimum atomic E-state index is -0.697. The smallest absolute Gasteiger partial charge is 0.343 e. The minimum absolute atomic E-state index is 0.106. The van der Waals surface area contributed by atoms with Crippen molar-refractivity contribution in [3.8, 4) is 0 Å². The Morgan fingerprint density at radius 3 is 2.83 bits per heavy atom. The number of H-pyrrole nitrogens is 1. The van der Waals surface area contributed by atoms with Crippen LogP contribution in [0.5, 0.6) is 0 Å². The first-order valence-electron chi connectivity index (χ1n) is 5.44. The predicted molar refractivity (Wildman–Crippen MR) is 65.8 cm³/mol. The number of hydrogen-bond donors (Lipinski definition) is 1. The molecule has 0 amide bonds. The van der Waals surface area contributed by atoms with Crippen molar-refractivity contribution in [3.05, 3.63) is 44.5 Å². The fourth-order valence-corrected chi connectivity index (χ4v) is 1.74. The molecule has 0 aromatic carbocycles. The maximum atomic E-state index is 12.1. The topological polar surface area (TPSA) is 81.2 Å². The highest BCUT2D eigenvalue weighted by Crippen LogP contribution is 2.03. The summed E-state index contributed by atoms with van der Waals surface area (Å²) < 4.78 is 6.28. The molecule has 0 aliphatic rings. The molecule has 0 aliphatic heterocycles. The molecule has 0 unspecified atom stereocenters. The van der Waals surface area contributed by atoms with Crippen LogP contribution in [0.1, 0.15) is 17.3 Å². The molecular formula is C12H12N2O4. The Labute approximate surface area is 102 Å². The summed E-state index contributed by atoms with van der Waals surface area (Å²) in [6.07, 6.45) is 2.69. The van der Waals surface area contributed by atoms with Gasteiger partial charge < -0.3 is 14.3 Å². The molecule has 0 fully saturated rings. The van der Waals surface area contributed by atoms with Gasteiger partial charge in [-0.2, -0.15) is 0 Å². The number of pyridine rings is 2. The molecule has 6 nitrogen and oxygen atoms in total. The van der Waals surface area contributed by atoms with Crippen LogP contribution in [0.15, 0.2) is 28.0 Å². The minimum Gasteiger partial charge on any atom is -0.462 e. The molecule has 0 atom stereocenters. The summed E-state index contributed by atoms with van der Waals surface area (Å²) in [7, 11) is 1.63. The first-order valence-corrected chi connectivity index (χ1v) is 5.44. The van der Waals surface area contributed by atoms with Crippen LogP contribution in [0.25, 0.3) is 11.0 Å². The summed E-state index contributed by atoms with van der Waals surface area (Å²) in [5.41, 5.74) is -0.574. The first-order chi connectivity index (χ1) is 8.56. The Hall–Kier alpha value is -2.37. The highest BCUT2D eigenvalue weighted by Gasteiger charge is 2.16. The second-order valence-corrected chi connectivity index (χ2v) is 3.77. The number of nitrogens with zero attached hydrogens (tertiary/aromatic N) is 1. The Kier molecular flexibility index (Phi) is 3.01. The number of fused-ring (bicyclic) bond motifs is 1. The van der Waals surface area contributed by atoms with Crippen molar-refractivity contribution in [1.82, 2.24) is 9.55 Å². The maximum absolute atomic E-state index is 12.1. The number of ether oxygens (including phenoxy) is 1. The van der Waals surface area contributed by atoms with Gasteiger partial charge in [0.05, 0.1) is 6.61 Å². The number of carbonyl (C=O) groups is 1. The van der Waals surface area contributed by atoms with Gasteiger partial charge in [-0.25, -0.2) is 4.79 Å². The van der Waals surface area contributed by atoms with Crippen molar-refractivity contribution in [2.24, 2.45) is 7.05 Å². The lowest BCUT2D eigenvalue weighted by Gasteiger charge is -2.06. The number of nitrogens with one attached hydrogen (secondary N) is 1.